The smallest absolute Gasteiger partial charge is 0.0441 e. The number of nitrogens with one attached hydrogen (secondary N) is 1. The summed E-state index contributed by atoms with van der Waals surface area (Å²) in [5.74, 6) is 0.948. The molecule has 2 heterocycles. The van der Waals surface area contributed by atoms with Gasteiger partial charge in [0.2, 0.25) is 0 Å². The highest BCUT2D eigenvalue weighted by atomic mass is 79.9. The highest BCUT2D eigenvalue weighted by Crippen LogP contribution is 2.50. The van der Waals surface area contributed by atoms with Gasteiger partial charge in [0.1, 0.15) is 0 Å². The Balaban J connectivity index is 1.96. The molecule has 1 aromatic carbocycles. The number of rotatable bonds is 1. The van der Waals surface area contributed by atoms with Gasteiger partial charge in [-0.05, 0) is 43.0 Å². The molecular weight excluding hydrogens is 226 g/mol. The Kier molecular flexibility index (Phi) is 1.59. The molecule has 68 valence electrons. The highest BCUT2D eigenvalue weighted by Gasteiger charge is 2.50. The number of hydrogen-bond acceptors (Lipinski definition) is 1. The lowest BCUT2D eigenvalue weighted by Crippen LogP contribution is -2.39. The van der Waals surface area contributed by atoms with E-state index in [1.165, 1.54) is 29.4 Å². The Morgan fingerprint density at radius 1 is 1.23 bits per heavy atom. The quantitative estimate of drug-likeness (QED) is 0.793. The normalized spacial score (nSPS) is 35.9. The molecule has 4 rings (SSSR count). The number of hydrogen-bond donors (Lipinski definition) is 1. The van der Waals surface area contributed by atoms with E-state index in [1.807, 2.05) is 0 Å². The summed E-state index contributed by atoms with van der Waals surface area (Å²) in [4.78, 5) is 0. The minimum absolute atomic E-state index is 0.353. The van der Waals surface area contributed by atoms with Crippen molar-refractivity contribution in [2.24, 2.45) is 5.92 Å². The highest BCUT2D eigenvalue weighted by molar-refractivity contribution is 9.10. The zero-order valence-electron chi connectivity index (χ0n) is 7.39. The first-order valence-corrected chi connectivity index (χ1v) is 5.59. The van der Waals surface area contributed by atoms with E-state index in [-0.39, 0.29) is 0 Å². The van der Waals surface area contributed by atoms with Gasteiger partial charge in [-0.1, -0.05) is 28.1 Å². The van der Waals surface area contributed by atoms with Gasteiger partial charge >= 0.3 is 0 Å². The molecule has 3 aliphatic rings. The molecule has 1 N–H and O–H groups in total. The van der Waals surface area contributed by atoms with E-state index < -0.39 is 0 Å². The second-order valence-electron chi connectivity index (χ2n) is 4.24. The van der Waals surface area contributed by atoms with Crippen molar-refractivity contribution in [1.29, 1.82) is 0 Å². The van der Waals surface area contributed by atoms with Crippen LogP contribution in [0.5, 0.6) is 0 Å². The molecule has 3 fully saturated rings. The minimum atomic E-state index is 0.353. The van der Waals surface area contributed by atoms with Gasteiger partial charge in [0.15, 0.2) is 0 Å². The molecule has 13 heavy (non-hydrogen) atoms. The molecule has 0 atom stereocenters. The maximum atomic E-state index is 3.63. The third kappa shape index (κ3) is 1.09. The van der Waals surface area contributed by atoms with Crippen LogP contribution in [0.2, 0.25) is 0 Å². The Morgan fingerprint density at radius 2 is 1.92 bits per heavy atom. The van der Waals surface area contributed by atoms with E-state index in [0.717, 1.165) is 5.92 Å². The van der Waals surface area contributed by atoms with Gasteiger partial charge in [0.25, 0.3) is 0 Å². The fourth-order valence-electron chi connectivity index (χ4n) is 2.66. The maximum absolute atomic E-state index is 3.63. The Morgan fingerprint density at radius 3 is 2.46 bits per heavy atom. The van der Waals surface area contributed by atoms with Gasteiger partial charge in [-0.2, -0.15) is 0 Å². The minimum Gasteiger partial charge on any atom is -0.307 e. The van der Waals surface area contributed by atoms with Crippen molar-refractivity contribution in [1.82, 2.24) is 5.32 Å². The van der Waals surface area contributed by atoms with Gasteiger partial charge in [0.05, 0.1) is 0 Å². The molecule has 0 spiro atoms. The van der Waals surface area contributed by atoms with Gasteiger partial charge < -0.3 is 5.32 Å². The first-order chi connectivity index (χ1) is 6.28. The lowest BCUT2D eigenvalue weighted by Gasteiger charge is -2.38. The summed E-state index contributed by atoms with van der Waals surface area (Å²) in [5, 5.41) is 3.63. The first-order valence-electron chi connectivity index (χ1n) is 4.80. The van der Waals surface area contributed by atoms with E-state index in [0.29, 0.717) is 5.54 Å². The average molecular weight is 238 g/mol. The van der Waals surface area contributed by atoms with Crippen LogP contribution in [-0.4, -0.2) is 6.54 Å². The zero-order valence-corrected chi connectivity index (χ0v) is 8.97. The van der Waals surface area contributed by atoms with Crippen LogP contribution in [0.1, 0.15) is 18.4 Å². The predicted molar refractivity (Wildman–Crippen MR) is 56.5 cm³/mol. The Labute approximate surface area is 86.7 Å². The van der Waals surface area contributed by atoms with Gasteiger partial charge in [-0.15, -0.1) is 0 Å². The van der Waals surface area contributed by atoms with Crippen LogP contribution in [-0.2, 0) is 5.54 Å². The van der Waals surface area contributed by atoms with Crippen LogP contribution in [0.4, 0.5) is 0 Å². The molecule has 1 aliphatic carbocycles. The second kappa shape index (κ2) is 2.58. The molecule has 2 saturated heterocycles. The van der Waals surface area contributed by atoms with Crippen LogP contribution in [0.15, 0.2) is 28.7 Å². The molecule has 0 aromatic heterocycles. The van der Waals surface area contributed by atoms with Crippen molar-refractivity contribution in [3.63, 3.8) is 0 Å². The molecule has 2 heteroatoms. The average Bonchev–Trinajstić information content (AvgIpc) is 2.63. The molecule has 1 saturated carbocycles. The van der Waals surface area contributed by atoms with Gasteiger partial charge in [-0.25, -0.2) is 0 Å². The molecule has 1 aromatic rings. The van der Waals surface area contributed by atoms with E-state index in [4.69, 9.17) is 0 Å². The number of benzene rings is 1. The maximum Gasteiger partial charge on any atom is 0.0441 e. The first kappa shape index (κ1) is 8.01. The van der Waals surface area contributed by atoms with E-state index in [9.17, 15) is 0 Å². The lowest BCUT2D eigenvalue weighted by molar-refractivity contribution is 0.229. The third-order valence-corrected chi connectivity index (χ3v) is 3.93. The van der Waals surface area contributed by atoms with E-state index in [1.54, 1.807) is 0 Å². The van der Waals surface area contributed by atoms with Crippen molar-refractivity contribution >= 4 is 15.9 Å². The Hall–Kier alpha value is -0.340. The molecular formula is C11H12BrN. The molecule has 0 radical (unpaired) electrons. The van der Waals surface area contributed by atoms with Crippen molar-refractivity contribution in [2.45, 2.75) is 18.4 Å². The van der Waals surface area contributed by atoms with Crippen molar-refractivity contribution in [3.05, 3.63) is 34.3 Å². The van der Waals surface area contributed by atoms with Crippen LogP contribution in [0.3, 0.4) is 0 Å². The molecule has 2 bridgehead atoms. The number of fused-ring (bicyclic) bond motifs is 1. The molecule has 0 amide bonds. The van der Waals surface area contributed by atoms with Crippen molar-refractivity contribution in [3.8, 4) is 0 Å². The van der Waals surface area contributed by atoms with Gasteiger partial charge in [-0.3, -0.25) is 0 Å². The van der Waals surface area contributed by atoms with Gasteiger partial charge in [0, 0.05) is 10.0 Å². The largest absolute Gasteiger partial charge is 0.307 e. The van der Waals surface area contributed by atoms with Crippen LogP contribution in [0, 0.1) is 5.92 Å². The lowest BCUT2D eigenvalue weighted by atomic mass is 9.70. The fraction of sp³-hybridized carbons (Fsp3) is 0.455. The molecule has 0 unspecified atom stereocenters. The molecule has 1 nitrogen and oxygen atoms in total. The standard InChI is InChI=1S/C11H12BrN/c12-10-3-1-9(2-4-10)11-5-8(6-11)7-13-11/h1-4,8,13H,5-7H2. The van der Waals surface area contributed by atoms with Crippen molar-refractivity contribution < 1.29 is 0 Å². The van der Waals surface area contributed by atoms with Crippen LogP contribution < -0.4 is 5.32 Å². The summed E-state index contributed by atoms with van der Waals surface area (Å²) in [5.41, 5.74) is 1.82. The predicted octanol–water partition coefficient (Wildman–Crippen LogP) is 2.66. The van der Waals surface area contributed by atoms with Crippen LogP contribution >= 0.6 is 15.9 Å². The summed E-state index contributed by atoms with van der Waals surface area (Å²) < 4.78 is 1.17. The third-order valence-electron chi connectivity index (χ3n) is 3.40. The summed E-state index contributed by atoms with van der Waals surface area (Å²) >= 11 is 3.46. The number of halogens is 1. The summed E-state index contributed by atoms with van der Waals surface area (Å²) in [7, 11) is 0. The monoisotopic (exact) mass is 237 g/mol. The summed E-state index contributed by atoms with van der Waals surface area (Å²) in [6.45, 7) is 1.22. The summed E-state index contributed by atoms with van der Waals surface area (Å²) in [6.07, 6.45) is 2.68. The van der Waals surface area contributed by atoms with Crippen LogP contribution in [0.25, 0.3) is 0 Å². The Bertz CT molecular complexity index is 319. The topological polar surface area (TPSA) is 12.0 Å². The van der Waals surface area contributed by atoms with E-state index in [2.05, 4.69) is 45.5 Å². The summed E-state index contributed by atoms with van der Waals surface area (Å²) in [6, 6.07) is 8.74. The SMILES string of the molecule is Brc1ccc(C23CC(CN2)C3)cc1. The van der Waals surface area contributed by atoms with E-state index >= 15 is 0 Å². The second-order valence-corrected chi connectivity index (χ2v) is 5.16. The fourth-order valence-corrected chi connectivity index (χ4v) is 2.93. The zero-order chi connectivity index (χ0) is 8.89. The van der Waals surface area contributed by atoms with Crippen molar-refractivity contribution in [2.75, 3.05) is 6.54 Å². The molecule has 2 aliphatic heterocycles.